The van der Waals surface area contributed by atoms with Crippen LogP contribution in [0.2, 0.25) is 0 Å². The summed E-state index contributed by atoms with van der Waals surface area (Å²) in [6.45, 7) is 5.40. The summed E-state index contributed by atoms with van der Waals surface area (Å²) in [7, 11) is 0. The summed E-state index contributed by atoms with van der Waals surface area (Å²) in [5.74, 6) is 0.704. The van der Waals surface area contributed by atoms with Gasteiger partial charge in [0.2, 0.25) is 0 Å². The number of nitrogens with one attached hydrogen (secondary N) is 1. The molecular weight excluding hydrogens is 388 g/mol. The van der Waals surface area contributed by atoms with Gasteiger partial charge >= 0.3 is 5.97 Å². The molecule has 0 saturated heterocycles. The van der Waals surface area contributed by atoms with E-state index < -0.39 is 12.1 Å². The molecule has 1 aliphatic carbocycles. The summed E-state index contributed by atoms with van der Waals surface area (Å²) in [4.78, 5) is 25.9. The van der Waals surface area contributed by atoms with Crippen molar-refractivity contribution in [3.63, 3.8) is 0 Å². The predicted molar refractivity (Wildman–Crippen MR) is 112 cm³/mol. The number of carbonyl (C=O) groups excluding carboxylic acids is 2. The Morgan fingerprint density at radius 2 is 1.97 bits per heavy atom. The van der Waals surface area contributed by atoms with Crippen LogP contribution in [-0.2, 0) is 15.3 Å². The van der Waals surface area contributed by atoms with Crippen LogP contribution in [0.5, 0.6) is 0 Å². The van der Waals surface area contributed by atoms with E-state index in [0.29, 0.717) is 11.3 Å². The Bertz CT molecular complexity index is 839. The van der Waals surface area contributed by atoms with Gasteiger partial charge in [0, 0.05) is 22.3 Å². The Hall–Kier alpha value is -2.28. The number of benzene rings is 1. The molecule has 0 bridgehead atoms. The maximum absolute atomic E-state index is 12.7. The van der Waals surface area contributed by atoms with Crippen LogP contribution in [0.25, 0.3) is 0 Å². The fourth-order valence-electron chi connectivity index (χ4n) is 3.46. The minimum absolute atomic E-state index is 0.190. The first-order chi connectivity index (χ1) is 14.0. The Balaban J connectivity index is 1.60. The number of aryl methyl sites for hydroxylation is 2. The summed E-state index contributed by atoms with van der Waals surface area (Å²) >= 11 is 1.52. The van der Waals surface area contributed by atoms with E-state index in [2.05, 4.69) is 10.5 Å². The lowest BCUT2D eigenvalue weighted by atomic mass is 9.95. The van der Waals surface area contributed by atoms with Gasteiger partial charge in [-0.3, -0.25) is 4.79 Å². The van der Waals surface area contributed by atoms with Crippen LogP contribution in [0.3, 0.4) is 0 Å². The third-order valence-electron chi connectivity index (χ3n) is 5.26. The van der Waals surface area contributed by atoms with E-state index in [1.807, 2.05) is 26.0 Å². The molecule has 1 aliphatic rings. The molecule has 1 heterocycles. The molecular formula is C22H28N2O4S. The van der Waals surface area contributed by atoms with Gasteiger partial charge < -0.3 is 14.6 Å². The Labute approximate surface area is 175 Å². The average Bonchev–Trinajstić information content (AvgIpc) is 3.04. The molecule has 29 heavy (non-hydrogen) atoms. The fraction of sp³-hybridized carbons (Fsp3) is 0.500. The van der Waals surface area contributed by atoms with Crippen LogP contribution in [0.15, 0.2) is 33.7 Å². The fourth-order valence-corrected chi connectivity index (χ4v) is 4.66. The number of ether oxygens (including phenoxy) is 1. The number of thioether (sulfide) groups is 1. The molecule has 1 fully saturated rings. The lowest BCUT2D eigenvalue weighted by Crippen LogP contribution is -2.42. The van der Waals surface area contributed by atoms with Crippen molar-refractivity contribution in [2.45, 2.75) is 75.7 Å². The zero-order valence-electron chi connectivity index (χ0n) is 17.2. The number of aromatic nitrogens is 1. The third kappa shape index (κ3) is 5.63. The number of nitrogens with zero attached hydrogens (tertiary/aromatic N) is 1. The molecule has 2 aromatic rings. The second kappa shape index (κ2) is 9.96. The molecule has 1 amide bonds. The van der Waals surface area contributed by atoms with E-state index >= 15 is 0 Å². The number of esters is 1. The van der Waals surface area contributed by atoms with Crippen LogP contribution < -0.4 is 5.32 Å². The standard InChI is InChI=1S/C22H28N2O4S/c1-14-19(15(2)28-24-14)13-29-20-12-8-7-11-18(20)22(26)27-16(3)21(25)23-17-9-5-4-6-10-17/h7-8,11-12,16-17H,4-6,9-10,13H2,1-3H3,(H,23,25)/t16-/m1/s1. The average molecular weight is 417 g/mol. The molecule has 7 heteroatoms. The van der Waals surface area contributed by atoms with Crippen LogP contribution >= 0.6 is 11.8 Å². The largest absolute Gasteiger partial charge is 0.449 e. The van der Waals surface area contributed by atoms with E-state index in [0.717, 1.165) is 47.6 Å². The Morgan fingerprint density at radius 1 is 1.24 bits per heavy atom. The summed E-state index contributed by atoms with van der Waals surface area (Å²) in [5.41, 5.74) is 2.34. The first-order valence-corrected chi connectivity index (χ1v) is 11.1. The van der Waals surface area contributed by atoms with Crippen LogP contribution in [0.1, 0.15) is 66.4 Å². The molecule has 0 radical (unpaired) electrons. The van der Waals surface area contributed by atoms with Crippen LogP contribution in [-0.4, -0.2) is 29.2 Å². The van der Waals surface area contributed by atoms with Gasteiger partial charge in [0.15, 0.2) is 6.10 Å². The highest BCUT2D eigenvalue weighted by molar-refractivity contribution is 7.98. The van der Waals surface area contributed by atoms with E-state index in [-0.39, 0.29) is 11.9 Å². The highest BCUT2D eigenvalue weighted by Gasteiger charge is 2.24. The van der Waals surface area contributed by atoms with Gasteiger partial charge in [-0.15, -0.1) is 11.8 Å². The maximum Gasteiger partial charge on any atom is 0.340 e. The zero-order valence-corrected chi connectivity index (χ0v) is 18.0. The van der Waals surface area contributed by atoms with Crippen LogP contribution in [0, 0.1) is 13.8 Å². The van der Waals surface area contributed by atoms with Gasteiger partial charge in [-0.05, 0) is 45.7 Å². The van der Waals surface area contributed by atoms with Crippen molar-refractivity contribution in [2.24, 2.45) is 0 Å². The van der Waals surface area contributed by atoms with Crippen molar-refractivity contribution in [3.8, 4) is 0 Å². The molecule has 0 spiro atoms. The number of rotatable bonds is 7. The summed E-state index contributed by atoms with van der Waals surface area (Å²) in [6, 6.07) is 7.47. The van der Waals surface area contributed by atoms with Crippen molar-refractivity contribution >= 4 is 23.6 Å². The highest BCUT2D eigenvalue weighted by Crippen LogP contribution is 2.29. The Morgan fingerprint density at radius 3 is 2.66 bits per heavy atom. The number of carbonyl (C=O) groups is 2. The van der Waals surface area contributed by atoms with Crippen molar-refractivity contribution in [2.75, 3.05) is 0 Å². The van der Waals surface area contributed by atoms with E-state index in [9.17, 15) is 9.59 Å². The second-order valence-corrected chi connectivity index (χ2v) is 8.50. The zero-order chi connectivity index (χ0) is 20.8. The molecule has 1 aromatic heterocycles. The molecule has 1 aromatic carbocycles. The van der Waals surface area contributed by atoms with Gasteiger partial charge in [-0.25, -0.2) is 4.79 Å². The molecule has 1 N–H and O–H groups in total. The summed E-state index contributed by atoms with van der Waals surface area (Å²) < 4.78 is 10.7. The van der Waals surface area contributed by atoms with Crippen LogP contribution in [0.4, 0.5) is 0 Å². The molecule has 1 saturated carbocycles. The third-order valence-corrected chi connectivity index (χ3v) is 6.36. The SMILES string of the molecule is Cc1noc(C)c1CSc1ccccc1C(=O)O[C@H](C)C(=O)NC1CCCCC1. The van der Waals surface area contributed by atoms with E-state index in [1.165, 1.54) is 18.2 Å². The Kier molecular flexibility index (Phi) is 7.36. The summed E-state index contributed by atoms with van der Waals surface area (Å²) in [5, 5.41) is 6.98. The number of hydrogen-bond acceptors (Lipinski definition) is 6. The topological polar surface area (TPSA) is 81.4 Å². The van der Waals surface area contributed by atoms with Gasteiger partial charge in [0.25, 0.3) is 5.91 Å². The first-order valence-electron chi connectivity index (χ1n) is 10.1. The van der Waals surface area contributed by atoms with Crippen molar-refractivity contribution in [1.29, 1.82) is 0 Å². The minimum atomic E-state index is -0.829. The first kappa shape index (κ1) is 21.4. The second-order valence-electron chi connectivity index (χ2n) is 7.48. The van der Waals surface area contributed by atoms with Gasteiger partial charge in [0.1, 0.15) is 5.76 Å². The monoisotopic (exact) mass is 416 g/mol. The quantitative estimate of drug-likeness (QED) is 0.526. The lowest BCUT2D eigenvalue weighted by Gasteiger charge is -2.24. The van der Waals surface area contributed by atoms with Crippen molar-refractivity contribution in [1.82, 2.24) is 10.5 Å². The molecule has 6 nitrogen and oxygen atoms in total. The number of amides is 1. The maximum atomic E-state index is 12.7. The summed E-state index contributed by atoms with van der Waals surface area (Å²) in [6.07, 6.45) is 4.65. The lowest BCUT2D eigenvalue weighted by molar-refractivity contribution is -0.130. The number of hydrogen-bond donors (Lipinski definition) is 1. The van der Waals surface area contributed by atoms with Gasteiger partial charge in [0.05, 0.1) is 11.3 Å². The minimum Gasteiger partial charge on any atom is -0.449 e. The highest BCUT2D eigenvalue weighted by atomic mass is 32.2. The van der Waals surface area contributed by atoms with E-state index in [1.54, 1.807) is 19.1 Å². The molecule has 3 rings (SSSR count). The van der Waals surface area contributed by atoms with E-state index in [4.69, 9.17) is 9.26 Å². The van der Waals surface area contributed by atoms with Crippen molar-refractivity contribution < 1.29 is 18.8 Å². The van der Waals surface area contributed by atoms with Crippen molar-refractivity contribution in [3.05, 3.63) is 46.8 Å². The smallest absolute Gasteiger partial charge is 0.340 e. The molecule has 156 valence electrons. The van der Waals surface area contributed by atoms with Gasteiger partial charge in [-0.2, -0.15) is 0 Å². The molecule has 0 unspecified atom stereocenters. The normalized spacial score (nSPS) is 15.7. The van der Waals surface area contributed by atoms with Gasteiger partial charge in [-0.1, -0.05) is 36.6 Å². The molecule has 0 aliphatic heterocycles. The predicted octanol–water partition coefficient (Wildman–Crippen LogP) is 4.58. The molecule has 1 atom stereocenters.